The molecule has 0 saturated heterocycles. The average molecular weight is 318 g/mol. The van der Waals surface area contributed by atoms with Gasteiger partial charge in [-0.05, 0) is 31.2 Å². The number of amides is 2. The monoisotopic (exact) mass is 318 g/mol. The molecule has 0 fully saturated rings. The van der Waals surface area contributed by atoms with E-state index >= 15 is 0 Å². The fourth-order valence-electron chi connectivity index (χ4n) is 1.48. The van der Waals surface area contributed by atoms with Crippen molar-refractivity contribution < 1.29 is 19.4 Å². The zero-order valence-corrected chi connectivity index (χ0v) is 12.6. The van der Waals surface area contributed by atoms with Gasteiger partial charge < -0.3 is 25.8 Å². The first kappa shape index (κ1) is 17.8. The van der Waals surface area contributed by atoms with E-state index in [0.29, 0.717) is 12.2 Å². The Kier molecular flexibility index (Phi) is 7.51. The molecule has 4 N–H and O–H groups in total. The van der Waals surface area contributed by atoms with E-state index < -0.39 is 12.0 Å². The fraction of sp³-hybridized carbons (Fsp3) is 0.267. The Balaban J connectivity index is 2.42. The van der Waals surface area contributed by atoms with E-state index in [-0.39, 0.29) is 24.5 Å². The molecule has 0 radical (unpaired) electrons. The van der Waals surface area contributed by atoms with Gasteiger partial charge in [0, 0.05) is 25.0 Å². The molecule has 122 valence electrons. The number of anilines is 1. The van der Waals surface area contributed by atoms with Gasteiger partial charge in [-0.3, -0.25) is 4.79 Å². The van der Waals surface area contributed by atoms with Gasteiger partial charge in [-0.15, -0.1) is 0 Å². The minimum Gasteiger partial charge on any atom is -0.508 e. The number of phenolic OH excluding ortho intramolecular Hbond substituents is 1. The molecule has 1 aromatic rings. The Morgan fingerprint density at radius 3 is 2.61 bits per heavy atom. The highest BCUT2D eigenvalue weighted by Gasteiger charge is 2.09. The molecule has 0 aromatic heterocycles. The second-order valence-electron chi connectivity index (χ2n) is 4.27. The molecular weight excluding hydrogens is 300 g/mol. The second-order valence-corrected chi connectivity index (χ2v) is 4.27. The molecule has 1 aromatic carbocycles. The SMILES string of the molecule is CCOC(=O)NCCN/C=C(/C#N)C(=O)Nc1ccc(O)cc1. The van der Waals surface area contributed by atoms with Gasteiger partial charge in [0.25, 0.3) is 5.91 Å². The quantitative estimate of drug-likeness (QED) is 0.258. The molecule has 8 nitrogen and oxygen atoms in total. The lowest BCUT2D eigenvalue weighted by Crippen LogP contribution is -2.31. The van der Waals surface area contributed by atoms with E-state index in [2.05, 4.69) is 20.7 Å². The van der Waals surface area contributed by atoms with Gasteiger partial charge in [0.2, 0.25) is 0 Å². The molecule has 8 heteroatoms. The zero-order valence-electron chi connectivity index (χ0n) is 12.6. The number of hydrogen-bond donors (Lipinski definition) is 4. The van der Waals surface area contributed by atoms with Crippen molar-refractivity contribution in [3.05, 3.63) is 36.0 Å². The van der Waals surface area contributed by atoms with Gasteiger partial charge in [-0.25, -0.2) is 4.79 Å². The van der Waals surface area contributed by atoms with Crippen LogP contribution in [0.4, 0.5) is 10.5 Å². The van der Waals surface area contributed by atoms with Crippen molar-refractivity contribution in [3.63, 3.8) is 0 Å². The Hall–Kier alpha value is -3.21. The molecule has 0 atom stereocenters. The summed E-state index contributed by atoms with van der Waals surface area (Å²) in [5.41, 5.74) is 0.340. The Bertz CT molecular complexity index is 605. The smallest absolute Gasteiger partial charge is 0.407 e. The van der Waals surface area contributed by atoms with Gasteiger partial charge in [-0.1, -0.05) is 0 Å². The Labute approximate surface area is 133 Å². The van der Waals surface area contributed by atoms with Crippen molar-refractivity contribution in [1.82, 2.24) is 10.6 Å². The van der Waals surface area contributed by atoms with Crippen molar-refractivity contribution >= 4 is 17.7 Å². The summed E-state index contributed by atoms with van der Waals surface area (Å²) in [4.78, 5) is 22.9. The number of nitrogens with one attached hydrogen (secondary N) is 3. The largest absolute Gasteiger partial charge is 0.508 e. The lowest BCUT2D eigenvalue weighted by molar-refractivity contribution is -0.112. The normalized spacial score (nSPS) is 10.3. The highest BCUT2D eigenvalue weighted by molar-refractivity contribution is 6.06. The standard InChI is InChI=1S/C15H18N4O4/c1-2-23-15(22)18-8-7-17-10-11(9-16)14(21)19-12-3-5-13(20)6-4-12/h3-6,10,17,20H,2,7-8H2,1H3,(H,18,22)(H,19,21)/b11-10-. The predicted molar refractivity (Wildman–Crippen MR) is 83.5 cm³/mol. The number of carbonyl (C=O) groups is 2. The second kappa shape index (κ2) is 9.68. The molecule has 2 amide bonds. The first-order valence-electron chi connectivity index (χ1n) is 6.91. The number of alkyl carbamates (subject to hydrolysis) is 1. The van der Waals surface area contributed by atoms with Gasteiger partial charge in [0.15, 0.2) is 0 Å². The third-order valence-electron chi connectivity index (χ3n) is 2.55. The van der Waals surface area contributed by atoms with Gasteiger partial charge in [-0.2, -0.15) is 5.26 Å². The van der Waals surface area contributed by atoms with Crippen LogP contribution in [0, 0.1) is 11.3 Å². The molecule has 0 aliphatic heterocycles. The maximum Gasteiger partial charge on any atom is 0.407 e. The number of ether oxygens (including phenoxy) is 1. The number of nitriles is 1. The highest BCUT2D eigenvalue weighted by atomic mass is 16.5. The summed E-state index contributed by atoms with van der Waals surface area (Å²) in [6.45, 7) is 2.60. The van der Waals surface area contributed by atoms with Crippen LogP contribution in [0.15, 0.2) is 36.0 Å². The topological polar surface area (TPSA) is 123 Å². The molecule has 0 heterocycles. The van der Waals surface area contributed by atoms with Crippen molar-refractivity contribution in [2.75, 3.05) is 25.0 Å². The van der Waals surface area contributed by atoms with Gasteiger partial charge in [0.1, 0.15) is 17.4 Å². The summed E-state index contributed by atoms with van der Waals surface area (Å²) in [6.07, 6.45) is 0.742. The maximum absolute atomic E-state index is 11.9. The van der Waals surface area contributed by atoms with Crippen LogP contribution in [-0.4, -0.2) is 36.8 Å². The third kappa shape index (κ3) is 6.86. The number of hydrogen-bond acceptors (Lipinski definition) is 6. The predicted octanol–water partition coefficient (Wildman–Crippen LogP) is 1.07. The van der Waals surface area contributed by atoms with E-state index in [4.69, 9.17) is 10.4 Å². The summed E-state index contributed by atoms with van der Waals surface area (Å²) in [6, 6.07) is 7.65. The van der Waals surface area contributed by atoms with E-state index in [1.165, 1.54) is 30.5 Å². The summed E-state index contributed by atoms with van der Waals surface area (Å²) in [5, 5.41) is 25.9. The molecule has 0 aliphatic carbocycles. The van der Waals surface area contributed by atoms with E-state index in [9.17, 15) is 9.59 Å². The number of nitrogens with zero attached hydrogens (tertiary/aromatic N) is 1. The van der Waals surface area contributed by atoms with Crippen molar-refractivity contribution in [2.45, 2.75) is 6.92 Å². The number of benzene rings is 1. The van der Waals surface area contributed by atoms with Crippen LogP contribution in [-0.2, 0) is 9.53 Å². The maximum atomic E-state index is 11.9. The van der Waals surface area contributed by atoms with Crippen LogP contribution >= 0.6 is 0 Å². The van der Waals surface area contributed by atoms with E-state index in [0.717, 1.165) is 0 Å². The molecule has 0 unspecified atom stereocenters. The third-order valence-corrected chi connectivity index (χ3v) is 2.55. The minimum absolute atomic E-state index is 0.0785. The first-order chi connectivity index (χ1) is 11.1. The highest BCUT2D eigenvalue weighted by Crippen LogP contribution is 2.14. The first-order valence-corrected chi connectivity index (χ1v) is 6.91. The van der Waals surface area contributed by atoms with Gasteiger partial charge >= 0.3 is 6.09 Å². The van der Waals surface area contributed by atoms with Crippen LogP contribution in [0.1, 0.15) is 6.92 Å². The summed E-state index contributed by atoms with van der Waals surface area (Å²) in [5.74, 6) is -0.501. The lowest BCUT2D eigenvalue weighted by Gasteiger charge is -2.06. The number of carbonyl (C=O) groups excluding carboxylic acids is 2. The zero-order chi connectivity index (χ0) is 17.1. The number of phenols is 1. The van der Waals surface area contributed by atoms with Gasteiger partial charge in [0.05, 0.1) is 6.61 Å². The molecule has 1 rings (SSSR count). The molecule has 0 saturated carbocycles. The molecule has 0 bridgehead atoms. The average Bonchev–Trinajstić information content (AvgIpc) is 2.53. The summed E-state index contributed by atoms with van der Waals surface area (Å²) < 4.78 is 4.68. The molecule has 0 aliphatic rings. The molecule has 23 heavy (non-hydrogen) atoms. The van der Waals surface area contributed by atoms with Crippen molar-refractivity contribution in [3.8, 4) is 11.8 Å². The number of aromatic hydroxyl groups is 1. The van der Waals surface area contributed by atoms with Crippen LogP contribution < -0.4 is 16.0 Å². The fourth-order valence-corrected chi connectivity index (χ4v) is 1.48. The molecular formula is C15H18N4O4. The van der Waals surface area contributed by atoms with Crippen LogP contribution in [0.5, 0.6) is 5.75 Å². The van der Waals surface area contributed by atoms with E-state index in [1.54, 1.807) is 13.0 Å². The molecule has 0 spiro atoms. The lowest BCUT2D eigenvalue weighted by atomic mass is 10.2. The van der Waals surface area contributed by atoms with Crippen LogP contribution in [0.25, 0.3) is 0 Å². The summed E-state index contributed by atoms with van der Waals surface area (Å²) >= 11 is 0. The Morgan fingerprint density at radius 2 is 2.00 bits per heavy atom. The minimum atomic E-state index is -0.580. The van der Waals surface area contributed by atoms with Crippen LogP contribution in [0.2, 0.25) is 0 Å². The van der Waals surface area contributed by atoms with Crippen molar-refractivity contribution in [2.24, 2.45) is 0 Å². The van der Waals surface area contributed by atoms with E-state index in [1.807, 2.05) is 0 Å². The van der Waals surface area contributed by atoms with Crippen molar-refractivity contribution in [1.29, 1.82) is 5.26 Å². The Morgan fingerprint density at radius 1 is 1.30 bits per heavy atom. The van der Waals surface area contributed by atoms with Crippen LogP contribution in [0.3, 0.4) is 0 Å². The summed E-state index contributed by atoms with van der Waals surface area (Å²) in [7, 11) is 0. The number of rotatable bonds is 7.